The average molecular weight is 419 g/mol. The maximum atomic E-state index is 9.22. The van der Waals surface area contributed by atoms with Crippen molar-refractivity contribution in [2.24, 2.45) is 5.92 Å². The lowest BCUT2D eigenvalue weighted by Gasteiger charge is -2.36. The van der Waals surface area contributed by atoms with Crippen molar-refractivity contribution < 1.29 is 4.74 Å². The van der Waals surface area contributed by atoms with Crippen LogP contribution < -0.4 is 9.64 Å². The van der Waals surface area contributed by atoms with E-state index < -0.39 is 0 Å². The van der Waals surface area contributed by atoms with E-state index in [9.17, 15) is 5.26 Å². The minimum absolute atomic E-state index is 0.232. The number of rotatable bonds is 7. The van der Waals surface area contributed by atoms with Crippen molar-refractivity contribution in [3.63, 3.8) is 0 Å². The number of aryl methyl sites for hydroxylation is 1. The van der Waals surface area contributed by atoms with Crippen LogP contribution in [0.1, 0.15) is 31.8 Å². The van der Waals surface area contributed by atoms with Crippen molar-refractivity contribution in [2.45, 2.75) is 33.4 Å². The quantitative estimate of drug-likeness (QED) is 0.583. The van der Waals surface area contributed by atoms with E-state index in [4.69, 9.17) is 4.74 Å². The highest BCUT2D eigenvalue weighted by molar-refractivity contribution is 5.77. The van der Waals surface area contributed by atoms with Crippen LogP contribution in [0, 0.1) is 17.2 Å². The van der Waals surface area contributed by atoms with Crippen molar-refractivity contribution in [3.05, 3.63) is 48.0 Å². The molecule has 0 radical (unpaired) electrons. The number of aromatic nitrogens is 3. The Morgan fingerprint density at radius 1 is 1.13 bits per heavy atom. The van der Waals surface area contributed by atoms with Crippen LogP contribution in [-0.4, -0.2) is 52.7 Å². The summed E-state index contributed by atoms with van der Waals surface area (Å²) in [7, 11) is 1.70. The van der Waals surface area contributed by atoms with Crippen molar-refractivity contribution in [2.75, 3.05) is 38.2 Å². The van der Waals surface area contributed by atoms with Gasteiger partial charge in [0.15, 0.2) is 0 Å². The molecular weight excluding hydrogens is 388 g/mol. The standard InChI is InChI=1S/C24H30N6O/c1-18(2)8-9-30-21(14-19-16-26-23(15-25)27-24(19)30)17-28-10-12-29(13-11-28)20-4-6-22(31-3)7-5-20/h4-7,14,16,18H,8-13,17H2,1-3H3. The number of hydrogen-bond acceptors (Lipinski definition) is 6. The lowest BCUT2D eigenvalue weighted by atomic mass is 10.1. The Kier molecular flexibility index (Phi) is 6.38. The predicted molar refractivity (Wildman–Crippen MR) is 122 cm³/mol. The highest BCUT2D eigenvalue weighted by Crippen LogP contribution is 2.23. The first-order chi connectivity index (χ1) is 15.1. The fraction of sp³-hybridized carbons (Fsp3) is 0.458. The van der Waals surface area contributed by atoms with Gasteiger partial charge in [-0.25, -0.2) is 9.97 Å². The monoisotopic (exact) mass is 418 g/mol. The van der Waals surface area contributed by atoms with Crippen LogP contribution in [0.25, 0.3) is 11.0 Å². The maximum absolute atomic E-state index is 9.22. The number of anilines is 1. The molecule has 1 saturated heterocycles. The van der Waals surface area contributed by atoms with Gasteiger partial charge in [-0.2, -0.15) is 5.26 Å². The molecule has 162 valence electrons. The first-order valence-electron chi connectivity index (χ1n) is 10.9. The van der Waals surface area contributed by atoms with Gasteiger partial charge in [0.05, 0.1) is 7.11 Å². The van der Waals surface area contributed by atoms with E-state index in [1.54, 1.807) is 13.3 Å². The molecule has 1 aliphatic heterocycles. The minimum atomic E-state index is 0.232. The maximum Gasteiger partial charge on any atom is 0.234 e. The molecule has 7 heteroatoms. The molecule has 0 N–H and O–H groups in total. The van der Waals surface area contributed by atoms with Gasteiger partial charge in [-0.05, 0) is 42.7 Å². The zero-order chi connectivity index (χ0) is 21.8. The predicted octanol–water partition coefficient (Wildman–Crippen LogP) is 3.68. The van der Waals surface area contributed by atoms with Crippen molar-refractivity contribution in [1.29, 1.82) is 5.26 Å². The highest BCUT2D eigenvalue weighted by Gasteiger charge is 2.20. The molecule has 0 saturated carbocycles. The Hall–Kier alpha value is -3.11. The Labute approximate surface area is 183 Å². The van der Waals surface area contributed by atoms with Crippen molar-refractivity contribution in [1.82, 2.24) is 19.4 Å². The van der Waals surface area contributed by atoms with E-state index in [0.29, 0.717) is 5.92 Å². The van der Waals surface area contributed by atoms with Gasteiger partial charge < -0.3 is 14.2 Å². The molecule has 0 bridgehead atoms. The van der Waals surface area contributed by atoms with E-state index in [1.807, 2.05) is 12.1 Å². The average Bonchev–Trinajstić information content (AvgIpc) is 3.14. The molecule has 2 aromatic heterocycles. The van der Waals surface area contributed by atoms with E-state index in [2.05, 4.69) is 62.5 Å². The topological polar surface area (TPSA) is 70.2 Å². The fourth-order valence-electron chi connectivity index (χ4n) is 4.10. The lowest BCUT2D eigenvalue weighted by molar-refractivity contribution is 0.243. The molecule has 31 heavy (non-hydrogen) atoms. The molecule has 0 unspecified atom stereocenters. The van der Waals surface area contributed by atoms with Crippen molar-refractivity contribution in [3.8, 4) is 11.8 Å². The van der Waals surface area contributed by atoms with E-state index in [1.165, 1.54) is 11.4 Å². The summed E-state index contributed by atoms with van der Waals surface area (Å²) < 4.78 is 7.55. The number of nitriles is 1. The molecule has 7 nitrogen and oxygen atoms in total. The second-order valence-corrected chi connectivity index (χ2v) is 8.52. The van der Waals surface area contributed by atoms with Gasteiger partial charge in [-0.15, -0.1) is 0 Å². The van der Waals surface area contributed by atoms with E-state index in [0.717, 1.165) is 62.5 Å². The number of benzene rings is 1. The number of fused-ring (bicyclic) bond motifs is 1. The highest BCUT2D eigenvalue weighted by atomic mass is 16.5. The summed E-state index contributed by atoms with van der Waals surface area (Å²) in [6.07, 6.45) is 2.85. The SMILES string of the molecule is COc1ccc(N2CCN(Cc3cc4cnc(C#N)nc4n3CCC(C)C)CC2)cc1. The van der Waals surface area contributed by atoms with E-state index >= 15 is 0 Å². The van der Waals surface area contributed by atoms with Crippen LogP contribution in [0.3, 0.4) is 0 Å². The molecular formula is C24H30N6O. The third-order valence-electron chi connectivity index (χ3n) is 5.95. The second-order valence-electron chi connectivity index (χ2n) is 8.52. The third kappa shape index (κ3) is 4.80. The normalized spacial score (nSPS) is 14.9. The zero-order valence-corrected chi connectivity index (χ0v) is 18.6. The second kappa shape index (κ2) is 9.36. The number of piperazine rings is 1. The van der Waals surface area contributed by atoms with Crippen LogP contribution in [0.15, 0.2) is 36.5 Å². The summed E-state index contributed by atoms with van der Waals surface area (Å²) in [6.45, 7) is 10.3. The van der Waals surface area contributed by atoms with Crippen LogP contribution >= 0.6 is 0 Å². The summed E-state index contributed by atoms with van der Waals surface area (Å²) in [6, 6.07) is 12.6. The number of methoxy groups -OCH3 is 1. The summed E-state index contributed by atoms with van der Waals surface area (Å²) in [4.78, 5) is 13.6. The zero-order valence-electron chi connectivity index (χ0n) is 18.6. The summed E-state index contributed by atoms with van der Waals surface area (Å²) in [5.41, 5.74) is 3.36. The van der Waals surface area contributed by atoms with Crippen LogP contribution in [0.5, 0.6) is 5.75 Å². The van der Waals surface area contributed by atoms with Gasteiger partial charge in [0, 0.05) is 62.2 Å². The number of hydrogen-bond donors (Lipinski definition) is 0. The molecule has 3 heterocycles. The molecule has 4 rings (SSSR count). The summed E-state index contributed by atoms with van der Waals surface area (Å²) in [5.74, 6) is 1.73. The van der Waals surface area contributed by atoms with Crippen molar-refractivity contribution >= 4 is 16.7 Å². The fourth-order valence-corrected chi connectivity index (χ4v) is 4.10. The molecule has 0 atom stereocenters. The molecule has 0 spiro atoms. The first kappa shape index (κ1) is 21.1. The lowest BCUT2D eigenvalue weighted by Crippen LogP contribution is -2.46. The van der Waals surface area contributed by atoms with Crippen LogP contribution in [0.2, 0.25) is 0 Å². The molecule has 1 aromatic carbocycles. The number of ether oxygens (including phenoxy) is 1. The third-order valence-corrected chi connectivity index (χ3v) is 5.95. The Morgan fingerprint density at radius 2 is 1.87 bits per heavy atom. The Morgan fingerprint density at radius 3 is 2.52 bits per heavy atom. The molecule has 1 aliphatic rings. The molecule has 0 amide bonds. The minimum Gasteiger partial charge on any atom is -0.497 e. The summed E-state index contributed by atoms with van der Waals surface area (Å²) in [5, 5.41) is 10.2. The Balaban J connectivity index is 1.48. The summed E-state index contributed by atoms with van der Waals surface area (Å²) >= 11 is 0. The molecule has 1 fully saturated rings. The molecule has 3 aromatic rings. The largest absolute Gasteiger partial charge is 0.497 e. The smallest absolute Gasteiger partial charge is 0.234 e. The van der Waals surface area contributed by atoms with Gasteiger partial charge in [-0.3, -0.25) is 4.90 Å². The first-order valence-corrected chi connectivity index (χ1v) is 10.9. The van der Waals surface area contributed by atoms with Crippen LogP contribution in [0.4, 0.5) is 5.69 Å². The van der Waals surface area contributed by atoms with Gasteiger partial charge in [-0.1, -0.05) is 13.8 Å². The van der Waals surface area contributed by atoms with Gasteiger partial charge in [0.2, 0.25) is 5.82 Å². The van der Waals surface area contributed by atoms with Gasteiger partial charge in [0.25, 0.3) is 0 Å². The Bertz CT molecular complexity index is 1060. The molecule has 0 aliphatic carbocycles. The number of nitrogens with zero attached hydrogens (tertiary/aromatic N) is 6. The van der Waals surface area contributed by atoms with E-state index in [-0.39, 0.29) is 5.82 Å². The van der Waals surface area contributed by atoms with Crippen LogP contribution in [-0.2, 0) is 13.1 Å². The van der Waals surface area contributed by atoms with Gasteiger partial charge >= 0.3 is 0 Å². The van der Waals surface area contributed by atoms with Gasteiger partial charge in [0.1, 0.15) is 17.5 Å².